The zero-order valence-corrected chi connectivity index (χ0v) is 13.5. The van der Waals surface area contributed by atoms with Gasteiger partial charge in [-0.15, -0.1) is 0 Å². The third-order valence-corrected chi connectivity index (χ3v) is 4.05. The van der Waals surface area contributed by atoms with Crippen LogP contribution in [-0.2, 0) is 9.59 Å². The molecule has 1 fully saturated rings. The number of ether oxygens (including phenoxy) is 2. The first kappa shape index (κ1) is 19.8. The fraction of sp³-hybridized carbons (Fsp3) is 0.500. The normalized spacial score (nSPS) is 20.1. The zero-order chi connectivity index (χ0) is 19.3. The number of carbonyl (C=O) groups is 2. The Balaban J connectivity index is 2.13. The van der Waals surface area contributed by atoms with Gasteiger partial charge in [0.25, 0.3) is 0 Å². The van der Waals surface area contributed by atoms with Crippen LogP contribution >= 0.6 is 0 Å². The number of aliphatic carboxylic acids is 1. The lowest BCUT2D eigenvalue weighted by molar-refractivity contribution is -0.143. The van der Waals surface area contributed by atoms with Gasteiger partial charge >= 0.3 is 19.2 Å². The second-order valence-electron chi connectivity index (χ2n) is 5.80. The van der Waals surface area contributed by atoms with Crippen LogP contribution < -0.4 is 14.8 Å². The van der Waals surface area contributed by atoms with Crippen molar-refractivity contribution in [2.45, 2.75) is 38.9 Å². The summed E-state index contributed by atoms with van der Waals surface area (Å²) in [4.78, 5) is 23.4. The van der Waals surface area contributed by atoms with Crippen LogP contribution in [0.25, 0.3) is 0 Å². The Morgan fingerprint density at radius 1 is 1.08 bits per heavy atom. The number of amides is 1. The van der Waals surface area contributed by atoms with E-state index in [0.717, 1.165) is 18.2 Å². The van der Waals surface area contributed by atoms with Gasteiger partial charge in [-0.2, -0.15) is 17.6 Å². The van der Waals surface area contributed by atoms with E-state index < -0.39 is 48.4 Å². The van der Waals surface area contributed by atoms with Crippen LogP contribution in [0, 0.1) is 11.8 Å². The van der Waals surface area contributed by atoms with Crippen molar-refractivity contribution in [1.29, 1.82) is 0 Å². The highest BCUT2D eigenvalue weighted by Gasteiger charge is 2.31. The first-order chi connectivity index (χ1) is 12.3. The number of rotatable bonds is 7. The van der Waals surface area contributed by atoms with Gasteiger partial charge in [0.05, 0.1) is 11.6 Å². The highest BCUT2D eigenvalue weighted by molar-refractivity contribution is 5.94. The molecule has 1 aromatic rings. The Hall–Kier alpha value is -2.52. The van der Waals surface area contributed by atoms with Gasteiger partial charge in [0.15, 0.2) is 5.75 Å². The summed E-state index contributed by atoms with van der Waals surface area (Å²) in [6.07, 6.45) is 1.63. The predicted molar refractivity (Wildman–Crippen MR) is 81.4 cm³/mol. The number of halogens is 4. The first-order valence-electron chi connectivity index (χ1n) is 7.83. The van der Waals surface area contributed by atoms with Gasteiger partial charge < -0.3 is 19.9 Å². The molecule has 10 heteroatoms. The van der Waals surface area contributed by atoms with Crippen molar-refractivity contribution in [3.63, 3.8) is 0 Å². The fourth-order valence-corrected chi connectivity index (χ4v) is 2.86. The number of carboxylic acid groups (broad SMARTS) is 1. The minimum atomic E-state index is -3.24. The van der Waals surface area contributed by atoms with Crippen LogP contribution in [0.5, 0.6) is 11.5 Å². The van der Waals surface area contributed by atoms with Gasteiger partial charge in [0, 0.05) is 12.0 Å². The molecule has 26 heavy (non-hydrogen) atoms. The number of alkyl halides is 4. The minimum Gasteiger partial charge on any atom is -0.481 e. The number of benzene rings is 1. The van der Waals surface area contributed by atoms with E-state index in [4.69, 9.17) is 5.11 Å². The van der Waals surface area contributed by atoms with E-state index in [1.165, 1.54) is 0 Å². The number of hydrogen-bond acceptors (Lipinski definition) is 4. The molecule has 6 nitrogen and oxygen atoms in total. The molecule has 1 amide bonds. The molecular formula is C16H17F4NO5. The second-order valence-corrected chi connectivity index (χ2v) is 5.80. The van der Waals surface area contributed by atoms with Crippen molar-refractivity contribution >= 4 is 17.6 Å². The monoisotopic (exact) mass is 379 g/mol. The Kier molecular flexibility index (Phi) is 6.64. The van der Waals surface area contributed by atoms with Gasteiger partial charge in [-0.25, -0.2) is 0 Å². The predicted octanol–water partition coefficient (Wildman–Crippen LogP) is 3.72. The standard InChI is InChI=1S/C16H17F4NO5/c17-15(18)25-10-4-5-11(12(7-10)26-16(19)20)21-13(22)8-2-1-3-9(6-8)14(23)24/h4-5,7-9,15-16H,1-3,6H2,(H,21,22)(H,23,24). The van der Waals surface area contributed by atoms with Crippen molar-refractivity contribution in [1.82, 2.24) is 0 Å². The summed E-state index contributed by atoms with van der Waals surface area (Å²) < 4.78 is 57.9. The lowest BCUT2D eigenvalue weighted by atomic mass is 9.81. The summed E-state index contributed by atoms with van der Waals surface area (Å²) in [7, 11) is 0. The van der Waals surface area contributed by atoms with Gasteiger partial charge in [-0.1, -0.05) is 6.42 Å². The molecule has 1 aliphatic rings. The molecule has 1 aliphatic carbocycles. The summed E-state index contributed by atoms with van der Waals surface area (Å²) >= 11 is 0. The maximum Gasteiger partial charge on any atom is 0.387 e. The van der Waals surface area contributed by atoms with Crippen molar-refractivity contribution in [3.05, 3.63) is 18.2 Å². The quantitative estimate of drug-likeness (QED) is 0.706. The molecule has 0 spiro atoms. The number of hydrogen-bond donors (Lipinski definition) is 2. The van der Waals surface area contributed by atoms with Gasteiger partial charge in [0.2, 0.25) is 5.91 Å². The van der Waals surface area contributed by atoms with E-state index in [0.29, 0.717) is 19.3 Å². The summed E-state index contributed by atoms with van der Waals surface area (Å²) in [6.45, 7) is -6.39. The number of carbonyl (C=O) groups excluding carboxylic acids is 1. The summed E-state index contributed by atoms with van der Waals surface area (Å²) in [5.41, 5.74) is -0.144. The van der Waals surface area contributed by atoms with Crippen LogP contribution in [-0.4, -0.2) is 30.2 Å². The van der Waals surface area contributed by atoms with E-state index >= 15 is 0 Å². The van der Waals surface area contributed by atoms with E-state index in [9.17, 15) is 27.2 Å². The largest absolute Gasteiger partial charge is 0.481 e. The Morgan fingerprint density at radius 2 is 1.73 bits per heavy atom. The topological polar surface area (TPSA) is 84.9 Å². The SMILES string of the molecule is O=C(O)C1CCCC(C(=O)Nc2ccc(OC(F)F)cc2OC(F)F)C1. The van der Waals surface area contributed by atoms with Crippen LogP contribution in [0.2, 0.25) is 0 Å². The average molecular weight is 379 g/mol. The molecule has 0 radical (unpaired) electrons. The maximum absolute atomic E-state index is 12.5. The summed E-state index contributed by atoms with van der Waals surface area (Å²) in [5, 5.41) is 11.5. The molecule has 2 N–H and O–H groups in total. The van der Waals surface area contributed by atoms with Crippen molar-refractivity contribution in [2.75, 3.05) is 5.32 Å². The first-order valence-corrected chi connectivity index (χ1v) is 7.83. The molecule has 0 aliphatic heterocycles. The van der Waals surface area contributed by atoms with Crippen molar-refractivity contribution < 1.29 is 41.7 Å². The fourth-order valence-electron chi connectivity index (χ4n) is 2.86. The smallest absolute Gasteiger partial charge is 0.387 e. The van der Waals surface area contributed by atoms with E-state index in [2.05, 4.69) is 14.8 Å². The molecule has 2 atom stereocenters. The molecule has 1 aromatic carbocycles. The van der Waals surface area contributed by atoms with Crippen molar-refractivity contribution in [3.8, 4) is 11.5 Å². The molecule has 0 aromatic heterocycles. The Morgan fingerprint density at radius 3 is 2.35 bits per heavy atom. The highest BCUT2D eigenvalue weighted by Crippen LogP contribution is 2.34. The molecular weight excluding hydrogens is 362 g/mol. The lowest BCUT2D eigenvalue weighted by Gasteiger charge is -2.26. The lowest BCUT2D eigenvalue weighted by Crippen LogP contribution is -2.31. The van der Waals surface area contributed by atoms with Crippen LogP contribution in [0.4, 0.5) is 23.2 Å². The number of carboxylic acids is 1. The second kappa shape index (κ2) is 8.72. The van der Waals surface area contributed by atoms with Crippen molar-refractivity contribution in [2.24, 2.45) is 11.8 Å². The highest BCUT2D eigenvalue weighted by atomic mass is 19.3. The van der Waals surface area contributed by atoms with Crippen LogP contribution in [0.15, 0.2) is 18.2 Å². The van der Waals surface area contributed by atoms with E-state index in [1.54, 1.807) is 0 Å². The van der Waals surface area contributed by atoms with Crippen LogP contribution in [0.3, 0.4) is 0 Å². The third-order valence-electron chi connectivity index (χ3n) is 4.05. The maximum atomic E-state index is 12.5. The molecule has 0 heterocycles. The number of anilines is 1. The third kappa shape index (κ3) is 5.50. The zero-order valence-electron chi connectivity index (χ0n) is 13.5. The van der Waals surface area contributed by atoms with E-state index in [-0.39, 0.29) is 12.1 Å². The average Bonchev–Trinajstić information content (AvgIpc) is 2.56. The summed E-state index contributed by atoms with van der Waals surface area (Å²) in [5.74, 6) is -3.70. The molecule has 0 bridgehead atoms. The molecule has 144 valence electrons. The minimum absolute atomic E-state index is 0.138. The molecule has 2 unspecified atom stereocenters. The number of nitrogens with one attached hydrogen (secondary N) is 1. The Labute approximate surface area is 146 Å². The van der Waals surface area contributed by atoms with Gasteiger partial charge in [-0.3, -0.25) is 9.59 Å². The van der Waals surface area contributed by atoms with E-state index in [1.807, 2.05) is 0 Å². The molecule has 1 saturated carbocycles. The van der Waals surface area contributed by atoms with Gasteiger partial charge in [-0.05, 0) is 31.4 Å². The molecule has 0 saturated heterocycles. The van der Waals surface area contributed by atoms with Crippen LogP contribution in [0.1, 0.15) is 25.7 Å². The Bertz CT molecular complexity index is 656. The van der Waals surface area contributed by atoms with Gasteiger partial charge in [0.1, 0.15) is 5.75 Å². The summed E-state index contributed by atoms with van der Waals surface area (Å²) in [6, 6.07) is 2.99. The molecule has 2 rings (SSSR count).